The van der Waals surface area contributed by atoms with Crippen LogP contribution in [0.25, 0.3) is 83.2 Å². The fourth-order valence-corrected chi connectivity index (χ4v) is 7.42. The smallest absolute Gasteiger partial charge is 0.266 e. The van der Waals surface area contributed by atoms with Crippen LogP contribution in [-0.2, 0) is 0 Å². The maximum atomic E-state index is 15.3. The van der Waals surface area contributed by atoms with Gasteiger partial charge in [0.1, 0.15) is 5.65 Å². The van der Waals surface area contributed by atoms with E-state index in [2.05, 4.69) is 69.8 Å². The summed E-state index contributed by atoms with van der Waals surface area (Å²) < 4.78 is 6.15. The molecule has 230 valence electrons. The molecule has 0 amide bonds. The maximum Gasteiger partial charge on any atom is 0.266 e. The van der Waals surface area contributed by atoms with Gasteiger partial charge in [-0.25, -0.2) is 9.97 Å². The summed E-state index contributed by atoms with van der Waals surface area (Å²) in [4.78, 5) is 25.8. The molecule has 0 radical (unpaired) electrons. The predicted octanol–water partition coefficient (Wildman–Crippen LogP) is 9.64. The Morgan fingerprint density at radius 1 is 0.429 bits per heavy atom. The fourth-order valence-electron chi connectivity index (χ4n) is 7.42. The van der Waals surface area contributed by atoms with Crippen LogP contribution in [0.15, 0.2) is 169 Å². The zero-order valence-electron chi connectivity index (χ0n) is 26.2. The Balaban J connectivity index is 1.48. The van der Waals surface area contributed by atoms with Gasteiger partial charge in [-0.2, -0.15) is 0 Å². The molecule has 10 rings (SSSR count). The SMILES string of the molecule is O=c1c2c3ccccc3n(-c3ccccc3)c2c2c3ccccc3n(-c3nc(-c4ccccc4)c4ccccc4n3)c2n1-c1ccccc1. The van der Waals surface area contributed by atoms with E-state index in [4.69, 9.17) is 9.97 Å². The number of aromatic nitrogens is 5. The number of nitrogens with zero attached hydrogens (tertiary/aromatic N) is 5. The third-order valence-corrected chi connectivity index (χ3v) is 9.46. The van der Waals surface area contributed by atoms with Crippen LogP contribution in [0, 0.1) is 0 Å². The minimum absolute atomic E-state index is 0.104. The molecule has 0 spiro atoms. The van der Waals surface area contributed by atoms with Crippen molar-refractivity contribution >= 4 is 54.6 Å². The first kappa shape index (κ1) is 27.3. The van der Waals surface area contributed by atoms with Gasteiger partial charge in [-0.1, -0.05) is 121 Å². The largest absolute Gasteiger partial charge is 0.308 e. The molecule has 0 saturated heterocycles. The third kappa shape index (κ3) is 3.98. The van der Waals surface area contributed by atoms with Crippen molar-refractivity contribution in [3.05, 3.63) is 174 Å². The number of hydrogen-bond donors (Lipinski definition) is 0. The van der Waals surface area contributed by atoms with Crippen molar-refractivity contribution in [1.29, 1.82) is 0 Å². The van der Waals surface area contributed by atoms with Crippen LogP contribution in [0.2, 0.25) is 0 Å². The fraction of sp³-hybridized carbons (Fsp3) is 0. The molecular formula is C43H27N5O. The molecule has 0 unspecified atom stereocenters. The Morgan fingerprint density at radius 3 is 1.61 bits per heavy atom. The Morgan fingerprint density at radius 2 is 0.939 bits per heavy atom. The monoisotopic (exact) mass is 629 g/mol. The molecule has 4 heterocycles. The highest BCUT2D eigenvalue weighted by Gasteiger charge is 2.27. The molecule has 4 aromatic heterocycles. The number of para-hydroxylation sites is 5. The van der Waals surface area contributed by atoms with Crippen LogP contribution in [0.1, 0.15) is 0 Å². The second kappa shape index (κ2) is 10.6. The first-order valence-electron chi connectivity index (χ1n) is 16.3. The van der Waals surface area contributed by atoms with Crippen LogP contribution >= 0.6 is 0 Å². The number of fused-ring (bicyclic) bond motifs is 8. The lowest BCUT2D eigenvalue weighted by molar-refractivity contribution is 0.946. The van der Waals surface area contributed by atoms with E-state index in [1.165, 1.54) is 0 Å². The summed E-state index contributed by atoms with van der Waals surface area (Å²) in [6.07, 6.45) is 0. The molecule has 0 fully saturated rings. The molecular weight excluding hydrogens is 603 g/mol. The molecule has 0 atom stereocenters. The van der Waals surface area contributed by atoms with Crippen LogP contribution in [-0.4, -0.2) is 23.7 Å². The van der Waals surface area contributed by atoms with E-state index in [0.717, 1.165) is 66.2 Å². The van der Waals surface area contributed by atoms with Crippen molar-refractivity contribution in [1.82, 2.24) is 23.7 Å². The zero-order valence-corrected chi connectivity index (χ0v) is 26.2. The van der Waals surface area contributed by atoms with E-state index in [0.29, 0.717) is 17.0 Å². The highest BCUT2D eigenvalue weighted by Crippen LogP contribution is 2.41. The second-order valence-corrected chi connectivity index (χ2v) is 12.2. The van der Waals surface area contributed by atoms with E-state index >= 15 is 4.79 Å². The first-order valence-corrected chi connectivity index (χ1v) is 16.3. The van der Waals surface area contributed by atoms with Gasteiger partial charge in [0.25, 0.3) is 5.56 Å². The lowest BCUT2D eigenvalue weighted by atomic mass is 10.1. The van der Waals surface area contributed by atoms with Crippen molar-refractivity contribution in [2.24, 2.45) is 0 Å². The molecule has 6 heteroatoms. The van der Waals surface area contributed by atoms with E-state index in [9.17, 15) is 0 Å². The molecule has 0 bridgehead atoms. The highest BCUT2D eigenvalue weighted by molar-refractivity contribution is 6.25. The molecule has 0 N–H and O–H groups in total. The number of hydrogen-bond acceptors (Lipinski definition) is 3. The van der Waals surface area contributed by atoms with Crippen molar-refractivity contribution in [3.8, 4) is 28.6 Å². The third-order valence-electron chi connectivity index (χ3n) is 9.46. The van der Waals surface area contributed by atoms with Crippen molar-refractivity contribution < 1.29 is 0 Å². The second-order valence-electron chi connectivity index (χ2n) is 12.2. The summed E-state index contributed by atoms with van der Waals surface area (Å²) in [5.74, 6) is 0.495. The van der Waals surface area contributed by atoms with Crippen molar-refractivity contribution in [2.45, 2.75) is 0 Å². The van der Waals surface area contributed by atoms with Crippen LogP contribution < -0.4 is 5.56 Å². The summed E-state index contributed by atoms with van der Waals surface area (Å²) in [5, 5.41) is 4.49. The van der Waals surface area contributed by atoms with E-state index < -0.39 is 0 Å². The normalized spacial score (nSPS) is 11.8. The van der Waals surface area contributed by atoms with Crippen LogP contribution in [0.3, 0.4) is 0 Å². The van der Waals surface area contributed by atoms with Crippen molar-refractivity contribution in [2.75, 3.05) is 0 Å². The van der Waals surface area contributed by atoms with Crippen LogP contribution in [0.4, 0.5) is 0 Å². The molecule has 49 heavy (non-hydrogen) atoms. The summed E-state index contributed by atoms with van der Waals surface area (Å²) in [5.41, 5.74) is 7.75. The van der Waals surface area contributed by atoms with Crippen LogP contribution in [0.5, 0.6) is 0 Å². The topological polar surface area (TPSA) is 57.6 Å². The summed E-state index contributed by atoms with van der Waals surface area (Å²) in [6, 6.07) is 55.0. The van der Waals surface area contributed by atoms with Gasteiger partial charge in [0.2, 0.25) is 5.95 Å². The maximum absolute atomic E-state index is 15.3. The van der Waals surface area contributed by atoms with Gasteiger partial charge in [-0.3, -0.25) is 13.9 Å². The Hall–Kier alpha value is -6.79. The Bertz CT molecular complexity index is 2940. The summed E-state index contributed by atoms with van der Waals surface area (Å²) in [6.45, 7) is 0. The lowest BCUT2D eigenvalue weighted by Crippen LogP contribution is -2.21. The number of benzene rings is 6. The van der Waals surface area contributed by atoms with E-state index in [1.807, 2.05) is 108 Å². The van der Waals surface area contributed by atoms with E-state index in [1.54, 1.807) is 0 Å². The minimum Gasteiger partial charge on any atom is -0.308 e. The number of pyridine rings is 1. The number of rotatable bonds is 4. The van der Waals surface area contributed by atoms with Gasteiger partial charge in [-0.05, 0) is 42.5 Å². The molecule has 0 aliphatic carbocycles. The average Bonchev–Trinajstić information content (AvgIpc) is 3.69. The van der Waals surface area contributed by atoms with E-state index in [-0.39, 0.29) is 5.56 Å². The van der Waals surface area contributed by atoms with Gasteiger partial charge in [-0.15, -0.1) is 0 Å². The minimum atomic E-state index is -0.104. The van der Waals surface area contributed by atoms with Gasteiger partial charge >= 0.3 is 0 Å². The van der Waals surface area contributed by atoms with Gasteiger partial charge in [0, 0.05) is 27.4 Å². The van der Waals surface area contributed by atoms with Crippen molar-refractivity contribution in [3.63, 3.8) is 0 Å². The molecule has 6 aromatic carbocycles. The zero-order chi connectivity index (χ0) is 32.5. The molecule has 0 aliphatic rings. The highest BCUT2D eigenvalue weighted by atomic mass is 16.1. The molecule has 0 aliphatic heterocycles. The first-order chi connectivity index (χ1) is 24.3. The van der Waals surface area contributed by atoms with Gasteiger partial charge in [0.15, 0.2) is 0 Å². The summed E-state index contributed by atoms with van der Waals surface area (Å²) in [7, 11) is 0. The standard InChI is InChI=1S/C43H27N5O/c49-42-38-33-24-12-14-26-35(33)46(29-18-6-2-7-19-29)40(38)37-32-23-11-15-27-36(32)48(41(37)47(42)30-20-8-3-9-21-30)43-44-34-25-13-10-22-31(34)39(45-43)28-16-4-1-5-17-28/h1-27H. The Labute approximate surface area is 280 Å². The average molecular weight is 630 g/mol. The quantitative estimate of drug-likeness (QED) is 0.195. The van der Waals surface area contributed by atoms with Gasteiger partial charge < -0.3 is 4.57 Å². The predicted molar refractivity (Wildman–Crippen MR) is 199 cm³/mol. The molecule has 10 aromatic rings. The lowest BCUT2D eigenvalue weighted by Gasteiger charge is -2.16. The summed E-state index contributed by atoms with van der Waals surface area (Å²) >= 11 is 0. The molecule has 0 saturated carbocycles. The molecule has 6 nitrogen and oxygen atoms in total. The Kier molecular flexibility index (Phi) is 5.92. The van der Waals surface area contributed by atoms with Gasteiger partial charge in [0.05, 0.1) is 44.2 Å².